The molecule has 0 unspecified atom stereocenters. The van der Waals surface area contributed by atoms with E-state index in [0.29, 0.717) is 12.3 Å². The van der Waals surface area contributed by atoms with E-state index in [1.807, 2.05) is 30.3 Å². The topological polar surface area (TPSA) is 38.3 Å². The van der Waals surface area contributed by atoms with Crippen LogP contribution in [0.25, 0.3) is 0 Å². The molecule has 0 bridgehead atoms. The maximum atomic E-state index is 12.3. The molecule has 1 N–H and O–H groups in total. The normalized spacial score (nSPS) is 13.8. The lowest BCUT2D eigenvalue weighted by atomic mass is 9.87. The molecule has 0 aliphatic carbocycles. The lowest BCUT2D eigenvalue weighted by Crippen LogP contribution is -2.38. The molecule has 2 rings (SSSR count). The molecule has 2 atom stereocenters. The van der Waals surface area contributed by atoms with Crippen molar-refractivity contribution in [3.8, 4) is 5.75 Å². The Hall–Kier alpha value is -2.29. The van der Waals surface area contributed by atoms with Crippen LogP contribution < -0.4 is 10.1 Å². The van der Waals surface area contributed by atoms with E-state index in [1.54, 1.807) is 6.92 Å². The van der Waals surface area contributed by atoms with Gasteiger partial charge in [-0.25, -0.2) is 0 Å². The van der Waals surface area contributed by atoms with Crippen molar-refractivity contribution in [1.29, 1.82) is 0 Å². The fourth-order valence-corrected chi connectivity index (χ4v) is 2.59. The van der Waals surface area contributed by atoms with E-state index in [2.05, 4.69) is 57.3 Å². The second-order valence-corrected chi connectivity index (χ2v) is 7.59. The lowest BCUT2D eigenvalue weighted by Gasteiger charge is -2.20. The minimum absolute atomic E-state index is 0.0947. The molecule has 134 valence electrons. The number of ether oxygens (including phenoxy) is 1. The fraction of sp³-hybridized carbons (Fsp3) is 0.409. The third kappa shape index (κ3) is 5.63. The number of carbonyl (C=O) groups excluding carboxylic acids is 1. The number of hydrogen-bond acceptors (Lipinski definition) is 2. The second kappa shape index (κ2) is 8.19. The number of hydrogen-bond donors (Lipinski definition) is 1. The maximum Gasteiger partial charge on any atom is 0.260 e. The smallest absolute Gasteiger partial charge is 0.260 e. The first kappa shape index (κ1) is 19.0. The molecule has 0 saturated heterocycles. The average molecular weight is 339 g/mol. The molecule has 2 aromatic rings. The van der Waals surface area contributed by atoms with Crippen LogP contribution in [0.15, 0.2) is 54.6 Å². The van der Waals surface area contributed by atoms with Gasteiger partial charge in [-0.05, 0) is 41.5 Å². The number of carbonyl (C=O) groups is 1. The molecule has 0 heterocycles. The number of benzene rings is 2. The zero-order valence-corrected chi connectivity index (χ0v) is 15.9. The summed E-state index contributed by atoms with van der Waals surface area (Å²) in [6, 6.07) is 18.1. The molecule has 0 spiro atoms. The van der Waals surface area contributed by atoms with Crippen molar-refractivity contribution >= 4 is 5.91 Å². The first-order chi connectivity index (χ1) is 11.8. The van der Waals surface area contributed by atoms with E-state index in [-0.39, 0.29) is 17.2 Å². The molecule has 0 aliphatic rings. The molecular formula is C22H29NO2. The summed E-state index contributed by atoms with van der Waals surface area (Å²) in [5, 5.41) is 2.97. The highest BCUT2D eigenvalue weighted by atomic mass is 16.5. The van der Waals surface area contributed by atoms with Gasteiger partial charge in [0.2, 0.25) is 0 Å². The van der Waals surface area contributed by atoms with Gasteiger partial charge < -0.3 is 10.1 Å². The minimum Gasteiger partial charge on any atom is -0.481 e. The summed E-state index contributed by atoms with van der Waals surface area (Å²) >= 11 is 0. The van der Waals surface area contributed by atoms with Gasteiger partial charge in [0.25, 0.3) is 5.91 Å². The molecule has 0 aliphatic heterocycles. The zero-order chi connectivity index (χ0) is 18.4. The first-order valence-electron chi connectivity index (χ1n) is 8.87. The average Bonchev–Trinajstić information content (AvgIpc) is 2.59. The van der Waals surface area contributed by atoms with Crippen LogP contribution in [0.1, 0.15) is 51.7 Å². The highest BCUT2D eigenvalue weighted by Gasteiger charge is 2.17. The van der Waals surface area contributed by atoms with Crippen LogP contribution in [0, 0.1) is 0 Å². The summed E-state index contributed by atoms with van der Waals surface area (Å²) in [5.41, 5.74) is 2.57. The van der Waals surface area contributed by atoms with Crippen LogP contribution >= 0.6 is 0 Å². The summed E-state index contributed by atoms with van der Waals surface area (Å²) in [5.74, 6) is 0.887. The van der Waals surface area contributed by atoms with E-state index in [0.717, 1.165) is 0 Å². The van der Waals surface area contributed by atoms with Gasteiger partial charge in [0.05, 0.1) is 0 Å². The Morgan fingerprint density at radius 2 is 1.60 bits per heavy atom. The molecule has 0 fully saturated rings. The zero-order valence-electron chi connectivity index (χ0n) is 15.9. The Labute approximate surface area is 151 Å². The maximum absolute atomic E-state index is 12.3. The summed E-state index contributed by atoms with van der Waals surface area (Å²) in [7, 11) is 0. The Morgan fingerprint density at radius 1 is 1.00 bits per heavy atom. The molecule has 0 aromatic heterocycles. The Balaban J connectivity index is 1.86. The quantitative estimate of drug-likeness (QED) is 0.830. The monoisotopic (exact) mass is 339 g/mol. The van der Waals surface area contributed by atoms with Gasteiger partial charge in [0, 0.05) is 6.54 Å². The van der Waals surface area contributed by atoms with Gasteiger partial charge in [0.15, 0.2) is 6.10 Å². The van der Waals surface area contributed by atoms with Gasteiger partial charge in [-0.1, -0.05) is 70.2 Å². The Bertz CT molecular complexity index is 671. The van der Waals surface area contributed by atoms with E-state index in [9.17, 15) is 4.79 Å². The highest BCUT2D eigenvalue weighted by Crippen LogP contribution is 2.24. The third-order valence-electron chi connectivity index (χ3n) is 4.35. The van der Waals surface area contributed by atoms with Gasteiger partial charge in [-0.2, -0.15) is 0 Å². The first-order valence-corrected chi connectivity index (χ1v) is 8.87. The van der Waals surface area contributed by atoms with Crippen LogP contribution in [-0.4, -0.2) is 18.6 Å². The van der Waals surface area contributed by atoms with Crippen molar-refractivity contribution in [3.63, 3.8) is 0 Å². The number of amides is 1. The minimum atomic E-state index is -0.525. The van der Waals surface area contributed by atoms with Crippen molar-refractivity contribution < 1.29 is 9.53 Å². The third-order valence-corrected chi connectivity index (χ3v) is 4.35. The Morgan fingerprint density at radius 3 is 2.16 bits per heavy atom. The molecular weight excluding hydrogens is 310 g/mol. The van der Waals surface area contributed by atoms with Gasteiger partial charge in [0.1, 0.15) is 5.75 Å². The molecule has 0 radical (unpaired) electrons. The van der Waals surface area contributed by atoms with Crippen LogP contribution in [-0.2, 0) is 10.2 Å². The molecule has 3 heteroatoms. The molecule has 25 heavy (non-hydrogen) atoms. The van der Waals surface area contributed by atoms with Crippen molar-refractivity contribution in [2.24, 2.45) is 0 Å². The van der Waals surface area contributed by atoms with E-state index >= 15 is 0 Å². The standard InChI is InChI=1S/C22H29NO2/c1-16(18-9-7-6-8-10-18)15-23-21(24)17(2)25-20-13-11-19(12-14-20)22(3,4)5/h6-14,16-17H,15H2,1-5H3,(H,23,24)/t16-,17-/m1/s1. The summed E-state index contributed by atoms with van der Waals surface area (Å²) < 4.78 is 5.77. The molecule has 0 saturated carbocycles. The van der Waals surface area contributed by atoms with Gasteiger partial charge in [-0.3, -0.25) is 4.79 Å². The van der Waals surface area contributed by atoms with Crippen molar-refractivity contribution in [2.75, 3.05) is 6.54 Å². The van der Waals surface area contributed by atoms with Crippen LogP contribution in [0.3, 0.4) is 0 Å². The summed E-state index contributed by atoms with van der Waals surface area (Å²) in [6.07, 6.45) is -0.525. The number of nitrogens with one attached hydrogen (secondary N) is 1. The predicted octanol–water partition coefficient (Wildman–Crippen LogP) is 4.67. The van der Waals surface area contributed by atoms with Crippen LogP contribution in [0.4, 0.5) is 0 Å². The van der Waals surface area contributed by atoms with Crippen molar-refractivity contribution in [3.05, 3.63) is 65.7 Å². The largest absolute Gasteiger partial charge is 0.481 e. The summed E-state index contributed by atoms with van der Waals surface area (Å²) in [4.78, 5) is 12.3. The van der Waals surface area contributed by atoms with E-state index in [4.69, 9.17) is 4.74 Å². The van der Waals surface area contributed by atoms with Crippen LogP contribution in [0.5, 0.6) is 5.75 Å². The molecule has 3 nitrogen and oxygen atoms in total. The highest BCUT2D eigenvalue weighted by molar-refractivity contribution is 5.80. The van der Waals surface area contributed by atoms with Gasteiger partial charge in [-0.15, -0.1) is 0 Å². The SMILES string of the molecule is C[C@H](CNC(=O)[C@@H](C)Oc1ccc(C(C)(C)C)cc1)c1ccccc1. The van der Waals surface area contributed by atoms with Gasteiger partial charge >= 0.3 is 0 Å². The molecule has 2 aromatic carbocycles. The van der Waals surface area contributed by atoms with E-state index < -0.39 is 6.10 Å². The Kier molecular flexibility index (Phi) is 6.24. The fourth-order valence-electron chi connectivity index (χ4n) is 2.59. The van der Waals surface area contributed by atoms with E-state index in [1.165, 1.54) is 11.1 Å². The predicted molar refractivity (Wildman–Crippen MR) is 103 cm³/mol. The van der Waals surface area contributed by atoms with Crippen LogP contribution in [0.2, 0.25) is 0 Å². The van der Waals surface area contributed by atoms with Crippen molar-refractivity contribution in [1.82, 2.24) is 5.32 Å². The molecule has 1 amide bonds. The second-order valence-electron chi connectivity index (χ2n) is 7.59. The summed E-state index contributed by atoms with van der Waals surface area (Å²) in [6.45, 7) is 11.0. The number of rotatable bonds is 6. The van der Waals surface area contributed by atoms with Crippen molar-refractivity contribution in [2.45, 2.75) is 52.1 Å². The lowest BCUT2D eigenvalue weighted by molar-refractivity contribution is -0.127.